The number of nitrogens with zero attached hydrogens (tertiary/aromatic N) is 2. The van der Waals surface area contributed by atoms with Crippen molar-refractivity contribution in [3.63, 3.8) is 0 Å². The third-order valence-corrected chi connectivity index (χ3v) is 7.60. The van der Waals surface area contributed by atoms with Crippen molar-refractivity contribution >= 4 is 11.8 Å². The van der Waals surface area contributed by atoms with E-state index in [4.69, 9.17) is 0 Å². The summed E-state index contributed by atoms with van der Waals surface area (Å²) in [5.41, 5.74) is 3.63. The quantitative estimate of drug-likeness (QED) is 0.801. The van der Waals surface area contributed by atoms with Gasteiger partial charge in [0, 0.05) is 32.1 Å². The highest BCUT2D eigenvalue weighted by Gasteiger charge is 2.38. The molecule has 0 aliphatic carbocycles. The molecule has 6 heteroatoms. The number of amides is 2. The van der Waals surface area contributed by atoms with Gasteiger partial charge in [0.05, 0.1) is 6.04 Å². The van der Waals surface area contributed by atoms with E-state index in [9.17, 15) is 14.0 Å². The van der Waals surface area contributed by atoms with Crippen molar-refractivity contribution < 1.29 is 14.0 Å². The normalized spacial score (nSPS) is 26.5. The largest absolute Gasteiger partial charge is 0.355 e. The minimum atomic E-state index is -0.287. The maximum absolute atomic E-state index is 13.7. The van der Waals surface area contributed by atoms with Crippen LogP contribution in [0.15, 0.2) is 42.5 Å². The molecule has 2 aromatic carbocycles. The molecule has 2 bridgehead atoms. The summed E-state index contributed by atoms with van der Waals surface area (Å²) in [5.74, 6) is 0.854. The Balaban J connectivity index is 1.46. The van der Waals surface area contributed by atoms with E-state index < -0.39 is 0 Å². The number of carbonyl (C=O) groups excluding carboxylic acids is 2. The van der Waals surface area contributed by atoms with Gasteiger partial charge in [0.2, 0.25) is 5.91 Å². The van der Waals surface area contributed by atoms with Gasteiger partial charge in [0.25, 0.3) is 5.91 Å². The van der Waals surface area contributed by atoms with Gasteiger partial charge in [-0.3, -0.25) is 9.59 Å². The number of benzene rings is 2. The summed E-state index contributed by atoms with van der Waals surface area (Å²) in [6.07, 6.45) is 3.68. The highest BCUT2D eigenvalue weighted by Crippen LogP contribution is 2.39. The Kier molecular flexibility index (Phi) is 5.72. The average molecular weight is 436 g/mol. The summed E-state index contributed by atoms with van der Waals surface area (Å²) >= 11 is 0. The fourth-order valence-electron chi connectivity index (χ4n) is 5.85. The summed E-state index contributed by atoms with van der Waals surface area (Å²) in [4.78, 5) is 30.2. The lowest BCUT2D eigenvalue weighted by Gasteiger charge is -2.46. The van der Waals surface area contributed by atoms with Crippen molar-refractivity contribution in [3.05, 3.63) is 70.5 Å². The second-order valence-corrected chi connectivity index (χ2v) is 9.39. The number of rotatable bonds is 4. The fraction of sp³-hybridized carbons (Fsp3) is 0.462. The number of carbonyl (C=O) groups is 2. The smallest absolute Gasteiger partial charge is 0.251 e. The molecule has 0 aromatic heterocycles. The molecule has 3 fully saturated rings. The number of hydrogen-bond donors (Lipinski definition) is 1. The maximum Gasteiger partial charge on any atom is 0.251 e. The molecule has 4 aliphatic rings. The molecule has 4 aliphatic heterocycles. The minimum Gasteiger partial charge on any atom is -0.355 e. The van der Waals surface area contributed by atoms with Crippen LogP contribution in [0.2, 0.25) is 0 Å². The topological polar surface area (TPSA) is 52.7 Å². The van der Waals surface area contributed by atoms with Crippen LogP contribution in [-0.4, -0.2) is 54.8 Å². The van der Waals surface area contributed by atoms with Crippen molar-refractivity contribution in [2.24, 2.45) is 11.8 Å². The summed E-state index contributed by atoms with van der Waals surface area (Å²) < 4.78 is 13.7. The van der Waals surface area contributed by atoms with E-state index in [0.29, 0.717) is 36.8 Å². The van der Waals surface area contributed by atoms with E-state index in [0.717, 1.165) is 23.2 Å². The van der Waals surface area contributed by atoms with Gasteiger partial charge in [-0.2, -0.15) is 0 Å². The van der Waals surface area contributed by atoms with Crippen molar-refractivity contribution in [2.45, 2.75) is 31.7 Å². The first-order chi connectivity index (χ1) is 15.5. The van der Waals surface area contributed by atoms with E-state index in [-0.39, 0.29) is 23.7 Å². The molecule has 168 valence electrons. The number of hydrogen-bond acceptors (Lipinski definition) is 3. The maximum atomic E-state index is 13.7. The molecule has 5 nitrogen and oxygen atoms in total. The molecular formula is C26H30FN3O2. The zero-order valence-electron chi connectivity index (χ0n) is 18.5. The number of fused-ring (bicyclic) bond motifs is 4. The summed E-state index contributed by atoms with van der Waals surface area (Å²) in [6, 6.07) is 11.9. The van der Waals surface area contributed by atoms with Gasteiger partial charge in [-0.15, -0.1) is 0 Å². The molecule has 6 rings (SSSR count). The van der Waals surface area contributed by atoms with E-state index in [2.05, 4.69) is 10.2 Å². The third kappa shape index (κ3) is 3.92. The zero-order chi connectivity index (χ0) is 22.2. The van der Waals surface area contributed by atoms with E-state index in [1.165, 1.54) is 38.1 Å². The Hall–Kier alpha value is -2.73. The summed E-state index contributed by atoms with van der Waals surface area (Å²) in [5, 5.41) is 2.67. The van der Waals surface area contributed by atoms with Crippen molar-refractivity contribution in [1.82, 2.24) is 15.1 Å². The van der Waals surface area contributed by atoms with Crippen molar-refractivity contribution in [2.75, 3.05) is 33.2 Å². The fourth-order valence-corrected chi connectivity index (χ4v) is 5.85. The second-order valence-electron chi connectivity index (χ2n) is 9.39. The molecule has 0 saturated carbocycles. The molecule has 1 N–H and O–H groups in total. The number of piperidine rings is 3. The van der Waals surface area contributed by atoms with Gasteiger partial charge < -0.3 is 15.1 Å². The molecular weight excluding hydrogens is 405 g/mol. The van der Waals surface area contributed by atoms with Gasteiger partial charge in [-0.1, -0.05) is 18.2 Å². The first kappa shape index (κ1) is 21.1. The lowest BCUT2D eigenvalue weighted by molar-refractivity contribution is -0.136. The van der Waals surface area contributed by atoms with Crippen LogP contribution in [0.1, 0.15) is 52.4 Å². The zero-order valence-corrected chi connectivity index (χ0v) is 18.5. The molecule has 4 heterocycles. The monoisotopic (exact) mass is 435 g/mol. The molecule has 32 heavy (non-hydrogen) atoms. The molecule has 2 aromatic rings. The van der Waals surface area contributed by atoms with Crippen molar-refractivity contribution in [1.29, 1.82) is 0 Å². The van der Waals surface area contributed by atoms with Crippen LogP contribution in [0.5, 0.6) is 0 Å². The summed E-state index contributed by atoms with van der Waals surface area (Å²) in [6.45, 7) is 3.96. The van der Waals surface area contributed by atoms with Crippen LogP contribution >= 0.6 is 0 Å². The minimum absolute atomic E-state index is 0.119. The molecule has 3 saturated heterocycles. The van der Waals surface area contributed by atoms with E-state index >= 15 is 0 Å². The van der Waals surface area contributed by atoms with E-state index in [1.54, 1.807) is 19.2 Å². The average Bonchev–Trinajstić information content (AvgIpc) is 2.83. The highest BCUT2D eigenvalue weighted by atomic mass is 19.1. The molecule has 0 unspecified atom stereocenters. The van der Waals surface area contributed by atoms with Gasteiger partial charge in [-0.05, 0) is 85.1 Å². The number of halogens is 1. The van der Waals surface area contributed by atoms with Crippen molar-refractivity contribution in [3.8, 4) is 0 Å². The first-order valence-corrected chi connectivity index (χ1v) is 11.7. The number of nitrogens with one attached hydrogen (secondary N) is 1. The Bertz CT molecular complexity index is 1010. The summed E-state index contributed by atoms with van der Waals surface area (Å²) in [7, 11) is 1.62. The van der Waals surface area contributed by atoms with Crippen LogP contribution in [-0.2, 0) is 11.2 Å². The van der Waals surface area contributed by atoms with Gasteiger partial charge in [-0.25, -0.2) is 4.39 Å². The lowest BCUT2D eigenvalue weighted by Crippen LogP contribution is -2.49. The molecule has 2 atom stereocenters. The predicted molar refractivity (Wildman–Crippen MR) is 121 cm³/mol. The van der Waals surface area contributed by atoms with Crippen LogP contribution in [0, 0.1) is 17.7 Å². The second kappa shape index (κ2) is 8.66. The third-order valence-electron chi connectivity index (χ3n) is 7.60. The van der Waals surface area contributed by atoms with E-state index in [1.807, 2.05) is 23.1 Å². The predicted octanol–water partition coefficient (Wildman–Crippen LogP) is 3.39. The Morgan fingerprint density at radius 2 is 1.81 bits per heavy atom. The van der Waals surface area contributed by atoms with Gasteiger partial charge >= 0.3 is 0 Å². The van der Waals surface area contributed by atoms with Gasteiger partial charge in [0.1, 0.15) is 5.82 Å². The Labute approximate surface area is 188 Å². The molecule has 0 radical (unpaired) electrons. The SMILES string of the molecule is CNC(=O)c1ccc2c(c1)CCN(C(=O)C[C@@H]1CN3CCC1CC3)[C@@H]2c1ccc(F)cc1. The van der Waals surface area contributed by atoms with Crippen LogP contribution in [0.4, 0.5) is 4.39 Å². The highest BCUT2D eigenvalue weighted by molar-refractivity contribution is 5.94. The van der Waals surface area contributed by atoms with Crippen LogP contribution in [0.25, 0.3) is 0 Å². The lowest BCUT2D eigenvalue weighted by atomic mass is 9.77. The first-order valence-electron chi connectivity index (χ1n) is 11.7. The standard InChI is InChI=1S/C26H30FN3O2/c1-28-26(32)20-4-7-23-19(14-20)10-13-30(25(23)18-2-5-22(27)6-3-18)24(31)15-21-16-29-11-8-17(21)9-12-29/h2-7,14,17,21,25H,8-13,15-16H2,1H3,(H,28,32)/t21-,25-/m1/s1. The molecule has 2 amide bonds. The van der Waals surface area contributed by atoms with Gasteiger partial charge in [0.15, 0.2) is 0 Å². The molecule has 0 spiro atoms. The van der Waals surface area contributed by atoms with Crippen LogP contribution < -0.4 is 5.32 Å². The Morgan fingerprint density at radius 3 is 2.47 bits per heavy atom. The Morgan fingerprint density at radius 1 is 1.06 bits per heavy atom. The van der Waals surface area contributed by atoms with Crippen LogP contribution in [0.3, 0.4) is 0 Å².